The molecule has 2 heterocycles. The second-order valence-electron chi connectivity index (χ2n) is 6.77. The van der Waals surface area contributed by atoms with E-state index < -0.39 is 5.82 Å². The lowest BCUT2D eigenvalue weighted by Gasteiger charge is -2.11. The van der Waals surface area contributed by atoms with E-state index in [1.807, 2.05) is 47.9 Å². The number of amides is 1. The summed E-state index contributed by atoms with van der Waals surface area (Å²) < 4.78 is 20.8. The van der Waals surface area contributed by atoms with E-state index in [4.69, 9.17) is 16.3 Å². The molecule has 0 saturated carbocycles. The minimum Gasteiger partial charge on any atom is -0.494 e. The lowest BCUT2D eigenvalue weighted by molar-refractivity contribution is -0.113. The molecule has 1 N–H and O–H groups in total. The molecule has 1 amide bonds. The molecular formula is C23H19ClFN5O2S. The largest absolute Gasteiger partial charge is 0.494 e. The Balaban J connectivity index is 1.57. The van der Waals surface area contributed by atoms with Crippen molar-refractivity contribution in [3.05, 3.63) is 77.8 Å². The van der Waals surface area contributed by atoms with Crippen LogP contribution >= 0.6 is 23.4 Å². The second kappa shape index (κ2) is 10.5. The van der Waals surface area contributed by atoms with Crippen LogP contribution in [0.15, 0.2) is 72.1 Å². The van der Waals surface area contributed by atoms with Gasteiger partial charge in [0.1, 0.15) is 11.6 Å². The van der Waals surface area contributed by atoms with Crippen LogP contribution in [0.25, 0.3) is 17.1 Å². The molecule has 4 aromatic rings. The summed E-state index contributed by atoms with van der Waals surface area (Å²) in [5.74, 6) is 0.618. The number of halogens is 2. The van der Waals surface area contributed by atoms with Gasteiger partial charge in [-0.25, -0.2) is 4.39 Å². The van der Waals surface area contributed by atoms with Crippen molar-refractivity contribution < 1.29 is 13.9 Å². The van der Waals surface area contributed by atoms with Crippen molar-refractivity contribution in [2.24, 2.45) is 0 Å². The number of pyridine rings is 1. The summed E-state index contributed by atoms with van der Waals surface area (Å²) >= 11 is 7.01. The molecule has 4 rings (SSSR count). The Morgan fingerprint density at radius 2 is 1.88 bits per heavy atom. The number of anilines is 1. The number of nitrogens with one attached hydrogen (secondary N) is 1. The molecule has 168 valence electrons. The Kier molecular flexibility index (Phi) is 7.21. The first-order valence-corrected chi connectivity index (χ1v) is 11.4. The number of carbonyl (C=O) groups excluding carboxylic acids is 1. The number of rotatable bonds is 8. The molecule has 0 radical (unpaired) electrons. The molecule has 33 heavy (non-hydrogen) atoms. The fourth-order valence-corrected chi connectivity index (χ4v) is 3.98. The summed E-state index contributed by atoms with van der Waals surface area (Å²) in [5.41, 5.74) is 2.07. The predicted molar refractivity (Wildman–Crippen MR) is 127 cm³/mol. The van der Waals surface area contributed by atoms with Gasteiger partial charge >= 0.3 is 0 Å². The highest BCUT2D eigenvalue weighted by Crippen LogP contribution is 2.29. The van der Waals surface area contributed by atoms with Crippen LogP contribution in [0.5, 0.6) is 5.75 Å². The van der Waals surface area contributed by atoms with Gasteiger partial charge in [-0.1, -0.05) is 23.4 Å². The first kappa shape index (κ1) is 22.8. The zero-order chi connectivity index (χ0) is 23.2. The Hall–Kier alpha value is -3.43. The summed E-state index contributed by atoms with van der Waals surface area (Å²) in [4.78, 5) is 16.5. The van der Waals surface area contributed by atoms with Gasteiger partial charge in [-0.05, 0) is 61.5 Å². The van der Waals surface area contributed by atoms with Gasteiger partial charge in [0.25, 0.3) is 0 Å². The normalized spacial score (nSPS) is 10.8. The number of ether oxygens (including phenoxy) is 1. The van der Waals surface area contributed by atoms with Gasteiger partial charge in [-0.2, -0.15) is 0 Å². The average molecular weight is 484 g/mol. The molecule has 2 aromatic heterocycles. The summed E-state index contributed by atoms with van der Waals surface area (Å²) in [6, 6.07) is 15.3. The summed E-state index contributed by atoms with van der Waals surface area (Å²) in [6.45, 7) is 2.50. The molecule has 0 saturated heterocycles. The smallest absolute Gasteiger partial charge is 0.234 e. The van der Waals surface area contributed by atoms with Crippen molar-refractivity contribution in [2.75, 3.05) is 17.7 Å². The first-order valence-electron chi connectivity index (χ1n) is 10.0. The number of carbonyl (C=O) groups is 1. The first-order chi connectivity index (χ1) is 16.0. The molecule has 2 aromatic carbocycles. The molecule has 0 aliphatic rings. The van der Waals surface area contributed by atoms with E-state index in [1.54, 1.807) is 12.4 Å². The van der Waals surface area contributed by atoms with Gasteiger partial charge in [0.05, 0.1) is 17.4 Å². The van der Waals surface area contributed by atoms with Gasteiger partial charge in [-0.15, -0.1) is 10.2 Å². The number of hydrogen-bond donors (Lipinski definition) is 1. The highest BCUT2D eigenvalue weighted by atomic mass is 35.5. The Morgan fingerprint density at radius 1 is 1.12 bits per heavy atom. The van der Waals surface area contributed by atoms with Crippen molar-refractivity contribution in [1.82, 2.24) is 19.7 Å². The van der Waals surface area contributed by atoms with Crippen LogP contribution in [-0.4, -0.2) is 38.0 Å². The average Bonchev–Trinajstić information content (AvgIpc) is 3.25. The van der Waals surface area contributed by atoms with E-state index in [2.05, 4.69) is 20.5 Å². The minimum absolute atomic E-state index is 0.0577. The number of aromatic nitrogens is 4. The van der Waals surface area contributed by atoms with Crippen LogP contribution in [0, 0.1) is 5.82 Å². The van der Waals surface area contributed by atoms with E-state index >= 15 is 0 Å². The molecule has 10 heteroatoms. The van der Waals surface area contributed by atoms with Gasteiger partial charge in [-0.3, -0.25) is 14.3 Å². The SMILES string of the molecule is CCOc1ccc(-n2c(SCC(=O)Nc3ccc(F)c(Cl)c3)nnc2-c2ccncc2)cc1. The number of hydrogen-bond acceptors (Lipinski definition) is 6. The maximum absolute atomic E-state index is 13.3. The van der Waals surface area contributed by atoms with Crippen LogP contribution < -0.4 is 10.1 Å². The molecular weight excluding hydrogens is 465 g/mol. The van der Waals surface area contributed by atoms with E-state index in [1.165, 1.54) is 30.0 Å². The topological polar surface area (TPSA) is 81.9 Å². The Bertz CT molecular complexity index is 1250. The van der Waals surface area contributed by atoms with Crippen molar-refractivity contribution in [2.45, 2.75) is 12.1 Å². The van der Waals surface area contributed by atoms with E-state index in [9.17, 15) is 9.18 Å². The van der Waals surface area contributed by atoms with Crippen molar-refractivity contribution in [1.29, 1.82) is 0 Å². The van der Waals surface area contributed by atoms with Crippen LogP contribution in [0.4, 0.5) is 10.1 Å². The summed E-state index contributed by atoms with van der Waals surface area (Å²) in [6.07, 6.45) is 3.36. The zero-order valence-corrected chi connectivity index (χ0v) is 19.1. The maximum atomic E-state index is 13.3. The summed E-state index contributed by atoms with van der Waals surface area (Å²) in [5, 5.41) is 11.8. The van der Waals surface area contributed by atoms with Crippen LogP contribution in [0.2, 0.25) is 5.02 Å². The fourth-order valence-electron chi connectivity index (χ4n) is 3.04. The number of nitrogens with zero attached hydrogens (tertiary/aromatic N) is 4. The third kappa shape index (κ3) is 5.50. The van der Waals surface area contributed by atoms with Crippen molar-refractivity contribution >= 4 is 35.0 Å². The van der Waals surface area contributed by atoms with Crippen molar-refractivity contribution in [3.63, 3.8) is 0 Å². The fraction of sp³-hybridized carbons (Fsp3) is 0.130. The lowest BCUT2D eigenvalue weighted by Crippen LogP contribution is -2.14. The predicted octanol–water partition coefficient (Wildman–Crippen LogP) is 5.25. The molecule has 0 fully saturated rings. The molecule has 0 bridgehead atoms. The van der Waals surface area contributed by atoms with Gasteiger partial charge < -0.3 is 10.1 Å². The molecule has 7 nitrogen and oxygen atoms in total. The monoisotopic (exact) mass is 483 g/mol. The minimum atomic E-state index is -0.545. The molecule has 0 spiro atoms. The van der Waals surface area contributed by atoms with Gasteiger partial charge in [0, 0.05) is 29.3 Å². The van der Waals surface area contributed by atoms with E-state index in [0.717, 1.165) is 17.0 Å². The molecule has 0 atom stereocenters. The standard InChI is InChI=1S/C23H19ClFN5O2S/c1-2-32-18-6-4-17(5-7-18)30-22(15-9-11-26-12-10-15)28-29-23(30)33-14-21(31)27-16-3-8-20(25)19(24)13-16/h3-13H,2,14H2,1H3,(H,27,31). The quantitative estimate of drug-likeness (QED) is 0.345. The highest BCUT2D eigenvalue weighted by Gasteiger charge is 2.18. The van der Waals surface area contributed by atoms with Crippen LogP contribution in [-0.2, 0) is 4.79 Å². The van der Waals surface area contributed by atoms with Gasteiger partial charge in [0.15, 0.2) is 11.0 Å². The molecule has 0 aliphatic carbocycles. The lowest BCUT2D eigenvalue weighted by atomic mass is 10.2. The van der Waals surface area contributed by atoms with Crippen LogP contribution in [0.1, 0.15) is 6.92 Å². The second-order valence-corrected chi connectivity index (χ2v) is 8.12. The Labute approximate surface area is 199 Å². The number of benzene rings is 2. The van der Waals surface area contributed by atoms with Gasteiger partial charge in [0.2, 0.25) is 5.91 Å². The summed E-state index contributed by atoms with van der Waals surface area (Å²) in [7, 11) is 0. The highest BCUT2D eigenvalue weighted by molar-refractivity contribution is 7.99. The molecule has 0 aliphatic heterocycles. The van der Waals surface area contributed by atoms with E-state index in [0.29, 0.717) is 23.3 Å². The number of thioether (sulfide) groups is 1. The van der Waals surface area contributed by atoms with Crippen LogP contribution in [0.3, 0.4) is 0 Å². The zero-order valence-electron chi connectivity index (χ0n) is 17.5. The third-order valence-corrected chi connectivity index (χ3v) is 5.73. The third-order valence-electron chi connectivity index (χ3n) is 4.51. The maximum Gasteiger partial charge on any atom is 0.234 e. The Morgan fingerprint density at radius 3 is 2.58 bits per heavy atom. The van der Waals surface area contributed by atoms with E-state index in [-0.39, 0.29) is 16.7 Å². The van der Waals surface area contributed by atoms with Crippen molar-refractivity contribution in [3.8, 4) is 22.8 Å². The molecule has 0 unspecified atom stereocenters.